The van der Waals surface area contributed by atoms with Gasteiger partial charge in [0.15, 0.2) is 0 Å². The number of hydrogen-bond acceptors (Lipinski definition) is 5. The Bertz CT molecular complexity index is 1590. The molecule has 190 valence electrons. The van der Waals surface area contributed by atoms with Crippen molar-refractivity contribution < 1.29 is 23.7 Å². The van der Waals surface area contributed by atoms with Gasteiger partial charge in [-0.2, -0.15) is 0 Å². The molecule has 0 aromatic heterocycles. The van der Waals surface area contributed by atoms with Crippen LogP contribution in [0.15, 0.2) is 78.9 Å². The number of hydrogen-bond donors (Lipinski definition) is 0. The highest BCUT2D eigenvalue weighted by molar-refractivity contribution is 6.32. The number of imide groups is 1. The number of anilines is 1. The molecular formula is C28H19ClFN3O5. The van der Waals surface area contributed by atoms with E-state index in [1.165, 1.54) is 35.2 Å². The standard InChI is InChI=1S/C28H19ClFN3O5/c29-23-12-11-18(15-24(23)33(37)38)26(34)31(20-8-3-7-19(30)16-20)13-4-14-32-27(35)21-9-1-5-17-6-2-10-22(25(17)21)28(32)36/h1-3,5-12,15-16H,4,13-14H2. The van der Waals surface area contributed by atoms with E-state index in [4.69, 9.17) is 11.6 Å². The van der Waals surface area contributed by atoms with Crippen LogP contribution in [-0.4, -0.2) is 40.6 Å². The highest BCUT2D eigenvalue weighted by atomic mass is 35.5. The van der Waals surface area contributed by atoms with Crippen molar-refractivity contribution in [2.45, 2.75) is 6.42 Å². The van der Waals surface area contributed by atoms with Crippen molar-refractivity contribution in [2.24, 2.45) is 0 Å². The van der Waals surface area contributed by atoms with Crippen LogP contribution in [0.3, 0.4) is 0 Å². The average molecular weight is 532 g/mol. The molecule has 4 aromatic carbocycles. The Morgan fingerprint density at radius 2 is 1.61 bits per heavy atom. The van der Waals surface area contributed by atoms with Crippen LogP contribution in [0.5, 0.6) is 0 Å². The Labute approximate surface area is 221 Å². The number of nitro groups is 1. The molecule has 0 N–H and O–H groups in total. The molecule has 38 heavy (non-hydrogen) atoms. The number of amides is 3. The second-order valence-corrected chi connectivity index (χ2v) is 9.09. The van der Waals surface area contributed by atoms with Crippen molar-refractivity contribution in [1.29, 1.82) is 0 Å². The fraction of sp³-hybridized carbons (Fsp3) is 0.107. The van der Waals surface area contributed by atoms with Gasteiger partial charge in [-0.25, -0.2) is 4.39 Å². The molecule has 0 fully saturated rings. The maximum Gasteiger partial charge on any atom is 0.288 e. The van der Waals surface area contributed by atoms with E-state index in [2.05, 4.69) is 0 Å². The number of nitro benzene ring substituents is 1. The SMILES string of the molecule is O=C1c2cccc3cccc(c23)C(=O)N1CCCN(C(=O)c1ccc(Cl)c([N+](=O)[O-])c1)c1cccc(F)c1. The van der Waals surface area contributed by atoms with Crippen LogP contribution in [0.25, 0.3) is 10.8 Å². The summed E-state index contributed by atoms with van der Waals surface area (Å²) in [4.78, 5) is 52.8. The number of rotatable bonds is 7. The number of carbonyl (C=O) groups is 3. The minimum atomic E-state index is -0.697. The normalized spacial score (nSPS) is 12.6. The van der Waals surface area contributed by atoms with Crippen LogP contribution >= 0.6 is 11.6 Å². The van der Waals surface area contributed by atoms with Crippen LogP contribution in [-0.2, 0) is 0 Å². The van der Waals surface area contributed by atoms with Gasteiger partial charge < -0.3 is 4.90 Å². The zero-order valence-corrected chi connectivity index (χ0v) is 20.5. The van der Waals surface area contributed by atoms with Gasteiger partial charge >= 0.3 is 0 Å². The molecule has 0 radical (unpaired) electrons. The minimum absolute atomic E-state index is 0.00161. The molecule has 4 aromatic rings. The van der Waals surface area contributed by atoms with Gasteiger partial charge in [0.25, 0.3) is 23.4 Å². The number of carbonyl (C=O) groups excluding carboxylic acids is 3. The van der Waals surface area contributed by atoms with Gasteiger partial charge in [-0.3, -0.25) is 29.4 Å². The summed E-state index contributed by atoms with van der Waals surface area (Å²) in [5.74, 6) is -2.07. The zero-order chi connectivity index (χ0) is 27.0. The molecular weight excluding hydrogens is 513 g/mol. The van der Waals surface area contributed by atoms with Gasteiger partial charge in [-0.1, -0.05) is 41.9 Å². The Kier molecular flexibility index (Phi) is 6.61. The second-order valence-electron chi connectivity index (χ2n) is 8.68. The Morgan fingerprint density at radius 1 is 0.947 bits per heavy atom. The molecule has 0 saturated carbocycles. The molecule has 3 amide bonds. The lowest BCUT2D eigenvalue weighted by molar-refractivity contribution is -0.384. The van der Waals surface area contributed by atoms with Gasteiger partial charge in [0.05, 0.1) is 4.92 Å². The lowest BCUT2D eigenvalue weighted by Gasteiger charge is -2.29. The Morgan fingerprint density at radius 3 is 2.24 bits per heavy atom. The Hall–Kier alpha value is -4.63. The summed E-state index contributed by atoms with van der Waals surface area (Å²) in [6.45, 7) is 0.00384. The van der Waals surface area contributed by atoms with E-state index < -0.39 is 34.1 Å². The van der Waals surface area contributed by atoms with Gasteiger partial charge in [0.1, 0.15) is 10.8 Å². The lowest BCUT2D eigenvalue weighted by atomic mass is 9.94. The van der Waals surface area contributed by atoms with Crippen molar-refractivity contribution in [2.75, 3.05) is 18.0 Å². The minimum Gasteiger partial charge on any atom is -0.308 e. The monoisotopic (exact) mass is 531 g/mol. The fourth-order valence-corrected chi connectivity index (χ4v) is 4.79. The maximum absolute atomic E-state index is 14.0. The summed E-state index contributed by atoms with van der Waals surface area (Å²) in [6, 6.07) is 19.5. The van der Waals surface area contributed by atoms with Crippen molar-refractivity contribution in [3.8, 4) is 0 Å². The predicted octanol–water partition coefficient (Wildman–Crippen LogP) is 5.87. The van der Waals surface area contributed by atoms with E-state index in [1.807, 2.05) is 12.1 Å². The van der Waals surface area contributed by atoms with Gasteiger partial charge in [0, 0.05) is 46.9 Å². The smallest absolute Gasteiger partial charge is 0.288 e. The van der Waals surface area contributed by atoms with Crippen molar-refractivity contribution >= 4 is 51.5 Å². The molecule has 0 bridgehead atoms. The number of benzene rings is 4. The van der Waals surface area contributed by atoms with E-state index >= 15 is 0 Å². The van der Waals surface area contributed by atoms with Crippen molar-refractivity contribution in [3.63, 3.8) is 0 Å². The quantitative estimate of drug-likeness (QED) is 0.168. The summed E-state index contributed by atoms with van der Waals surface area (Å²) >= 11 is 5.89. The summed E-state index contributed by atoms with van der Waals surface area (Å²) in [6.07, 6.45) is 0.174. The first-order valence-electron chi connectivity index (χ1n) is 11.7. The van der Waals surface area contributed by atoms with Crippen LogP contribution in [0.4, 0.5) is 15.8 Å². The van der Waals surface area contributed by atoms with E-state index in [0.29, 0.717) is 16.5 Å². The maximum atomic E-state index is 14.0. The molecule has 10 heteroatoms. The molecule has 0 atom stereocenters. The molecule has 0 unspecified atom stereocenters. The molecule has 0 saturated heterocycles. The topological polar surface area (TPSA) is 101 Å². The fourth-order valence-electron chi connectivity index (χ4n) is 4.60. The first-order valence-corrected chi connectivity index (χ1v) is 12.0. The highest BCUT2D eigenvalue weighted by Gasteiger charge is 2.32. The largest absolute Gasteiger partial charge is 0.308 e. The van der Waals surface area contributed by atoms with Crippen molar-refractivity contribution in [3.05, 3.63) is 117 Å². The third kappa shape index (κ3) is 4.48. The third-order valence-corrected chi connectivity index (χ3v) is 6.69. The van der Waals surface area contributed by atoms with E-state index in [1.54, 1.807) is 24.3 Å². The first kappa shape index (κ1) is 25.0. The lowest BCUT2D eigenvalue weighted by Crippen LogP contribution is -2.42. The predicted molar refractivity (Wildman–Crippen MR) is 140 cm³/mol. The zero-order valence-electron chi connectivity index (χ0n) is 19.8. The average Bonchev–Trinajstić information content (AvgIpc) is 2.91. The molecule has 0 spiro atoms. The second kappa shape index (κ2) is 10.0. The number of nitrogens with zero attached hydrogens (tertiary/aromatic N) is 3. The van der Waals surface area contributed by atoms with Crippen LogP contribution in [0.1, 0.15) is 37.5 Å². The molecule has 1 aliphatic heterocycles. The Balaban J connectivity index is 1.41. The van der Waals surface area contributed by atoms with Crippen LogP contribution in [0.2, 0.25) is 5.02 Å². The van der Waals surface area contributed by atoms with Crippen LogP contribution in [0, 0.1) is 15.9 Å². The molecule has 8 nitrogen and oxygen atoms in total. The van der Waals surface area contributed by atoms with Gasteiger partial charge in [-0.05, 0) is 54.3 Å². The van der Waals surface area contributed by atoms with E-state index in [0.717, 1.165) is 22.4 Å². The van der Waals surface area contributed by atoms with Gasteiger partial charge in [0.2, 0.25) is 0 Å². The number of halogens is 2. The van der Waals surface area contributed by atoms with E-state index in [9.17, 15) is 28.9 Å². The summed E-state index contributed by atoms with van der Waals surface area (Å²) in [5, 5.41) is 12.6. The van der Waals surface area contributed by atoms with E-state index in [-0.39, 0.29) is 35.8 Å². The van der Waals surface area contributed by atoms with Gasteiger partial charge in [-0.15, -0.1) is 0 Å². The molecule has 1 aliphatic rings. The highest BCUT2D eigenvalue weighted by Crippen LogP contribution is 2.31. The van der Waals surface area contributed by atoms with Crippen LogP contribution < -0.4 is 4.90 Å². The first-order chi connectivity index (χ1) is 18.3. The van der Waals surface area contributed by atoms with Crippen molar-refractivity contribution in [1.82, 2.24) is 4.90 Å². The summed E-state index contributed by atoms with van der Waals surface area (Å²) in [7, 11) is 0. The molecule has 5 rings (SSSR count). The summed E-state index contributed by atoms with van der Waals surface area (Å²) in [5.41, 5.74) is 0.609. The third-order valence-electron chi connectivity index (χ3n) is 6.37. The summed E-state index contributed by atoms with van der Waals surface area (Å²) < 4.78 is 14.0. The molecule has 1 heterocycles. The molecule has 0 aliphatic carbocycles.